The molecule has 0 bridgehead atoms. The molecule has 0 saturated carbocycles. The fourth-order valence-corrected chi connectivity index (χ4v) is 1.94. The summed E-state index contributed by atoms with van der Waals surface area (Å²) in [6, 6.07) is 5.50. The molecule has 2 aromatic carbocycles. The normalized spacial score (nSPS) is 11.2. The Morgan fingerprint density at radius 2 is 1.43 bits per heavy atom. The average molecular weight is 297 g/mol. The molecule has 0 unspecified atom stereocenters. The molecule has 112 valence electrons. The molecule has 5 heteroatoms. The second-order valence-electron chi connectivity index (χ2n) is 5.10. The molecule has 1 nitrogen and oxygen atoms in total. The third-order valence-electron chi connectivity index (χ3n) is 3.05. The minimum absolute atomic E-state index is 0.0885. The Morgan fingerprint density at radius 1 is 0.810 bits per heavy atom. The number of hydrogen-bond acceptors (Lipinski definition) is 1. The van der Waals surface area contributed by atoms with E-state index in [0.717, 1.165) is 5.56 Å². The highest BCUT2D eigenvalue weighted by Crippen LogP contribution is 2.28. The van der Waals surface area contributed by atoms with Gasteiger partial charge in [0.25, 0.3) is 0 Å². The molecule has 0 atom stereocenters. The van der Waals surface area contributed by atoms with Crippen LogP contribution in [0.4, 0.5) is 17.6 Å². The zero-order valence-corrected chi connectivity index (χ0v) is 11.7. The molecular weight excluding hydrogens is 282 g/mol. The molecule has 0 heterocycles. The predicted octanol–water partition coefficient (Wildman–Crippen LogP) is 4.41. The lowest BCUT2D eigenvalue weighted by Gasteiger charge is -2.11. The Kier molecular flexibility index (Phi) is 4.63. The first-order valence-electron chi connectivity index (χ1n) is 6.55. The third kappa shape index (κ3) is 3.61. The first kappa shape index (κ1) is 15.5. The summed E-state index contributed by atoms with van der Waals surface area (Å²) < 4.78 is 53.8. The quantitative estimate of drug-likeness (QED) is 0.651. The maximum absolute atomic E-state index is 13.9. The van der Waals surface area contributed by atoms with Crippen LogP contribution in [-0.4, -0.2) is 6.04 Å². The first-order valence-corrected chi connectivity index (χ1v) is 6.55. The van der Waals surface area contributed by atoms with Crippen LogP contribution in [0.3, 0.4) is 0 Å². The van der Waals surface area contributed by atoms with Gasteiger partial charge in [0.2, 0.25) is 0 Å². The summed E-state index contributed by atoms with van der Waals surface area (Å²) in [5.74, 6) is -4.19. The largest absolute Gasteiger partial charge is 0.310 e. The molecule has 21 heavy (non-hydrogen) atoms. The minimum atomic E-state index is -1.30. The molecule has 0 spiro atoms. The van der Waals surface area contributed by atoms with Crippen molar-refractivity contribution in [2.45, 2.75) is 26.4 Å². The van der Waals surface area contributed by atoms with E-state index >= 15 is 0 Å². The van der Waals surface area contributed by atoms with Gasteiger partial charge >= 0.3 is 0 Å². The molecule has 2 rings (SSSR count). The van der Waals surface area contributed by atoms with Crippen molar-refractivity contribution in [3.63, 3.8) is 0 Å². The molecule has 0 radical (unpaired) electrons. The van der Waals surface area contributed by atoms with E-state index in [1.807, 2.05) is 13.8 Å². The van der Waals surface area contributed by atoms with Crippen molar-refractivity contribution in [3.05, 3.63) is 59.2 Å². The first-order chi connectivity index (χ1) is 9.88. The number of benzene rings is 2. The summed E-state index contributed by atoms with van der Waals surface area (Å²) in [4.78, 5) is 0. The third-order valence-corrected chi connectivity index (χ3v) is 3.05. The lowest BCUT2D eigenvalue weighted by atomic mass is 10.0. The molecule has 0 saturated heterocycles. The SMILES string of the molecule is CC(C)NCc1ccc(F)c(-c2cc(F)c(F)cc2F)c1. The van der Waals surface area contributed by atoms with E-state index in [9.17, 15) is 17.6 Å². The molecule has 0 fully saturated rings. The van der Waals surface area contributed by atoms with E-state index in [1.54, 1.807) is 6.07 Å². The van der Waals surface area contributed by atoms with Crippen molar-refractivity contribution in [1.82, 2.24) is 5.32 Å². The van der Waals surface area contributed by atoms with Crippen LogP contribution in [0.2, 0.25) is 0 Å². The van der Waals surface area contributed by atoms with E-state index in [2.05, 4.69) is 5.32 Å². The summed E-state index contributed by atoms with van der Waals surface area (Å²) in [5, 5.41) is 3.14. The Bertz CT molecular complexity index is 653. The summed E-state index contributed by atoms with van der Waals surface area (Å²) in [5.41, 5.74) is 0.344. The van der Waals surface area contributed by atoms with Crippen LogP contribution in [0.15, 0.2) is 30.3 Å². The molecule has 0 aliphatic heterocycles. The van der Waals surface area contributed by atoms with Gasteiger partial charge in [-0.25, -0.2) is 17.6 Å². The standard InChI is InChI=1S/C16H15F4N/c1-9(2)21-8-10-3-4-13(17)11(5-10)12-6-15(19)16(20)7-14(12)18/h3-7,9,21H,8H2,1-2H3. The van der Waals surface area contributed by atoms with Crippen molar-refractivity contribution in [2.24, 2.45) is 0 Å². The van der Waals surface area contributed by atoms with Crippen molar-refractivity contribution in [3.8, 4) is 11.1 Å². The van der Waals surface area contributed by atoms with Crippen LogP contribution < -0.4 is 5.32 Å². The average Bonchev–Trinajstić information content (AvgIpc) is 2.42. The van der Waals surface area contributed by atoms with Gasteiger partial charge in [0.1, 0.15) is 11.6 Å². The topological polar surface area (TPSA) is 12.0 Å². The lowest BCUT2D eigenvalue weighted by Crippen LogP contribution is -2.21. The molecular formula is C16H15F4N. The molecule has 0 amide bonds. The van der Waals surface area contributed by atoms with Crippen molar-refractivity contribution >= 4 is 0 Å². The fraction of sp³-hybridized carbons (Fsp3) is 0.250. The van der Waals surface area contributed by atoms with E-state index in [4.69, 9.17) is 0 Å². The molecule has 0 aliphatic rings. The maximum Gasteiger partial charge on any atom is 0.161 e. The van der Waals surface area contributed by atoms with E-state index < -0.39 is 23.3 Å². The fourth-order valence-electron chi connectivity index (χ4n) is 1.94. The van der Waals surface area contributed by atoms with E-state index in [0.29, 0.717) is 18.7 Å². The number of rotatable bonds is 4. The van der Waals surface area contributed by atoms with E-state index in [-0.39, 0.29) is 17.2 Å². The van der Waals surface area contributed by atoms with Gasteiger partial charge in [-0.3, -0.25) is 0 Å². The number of nitrogens with one attached hydrogen (secondary N) is 1. The molecule has 2 aromatic rings. The van der Waals surface area contributed by atoms with Crippen LogP contribution in [-0.2, 0) is 6.54 Å². The van der Waals surface area contributed by atoms with Crippen LogP contribution in [0, 0.1) is 23.3 Å². The highest BCUT2D eigenvalue weighted by molar-refractivity contribution is 5.65. The van der Waals surface area contributed by atoms with E-state index in [1.165, 1.54) is 12.1 Å². The predicted molar refractivity (Wildman–Crippen MR) is 73.7 cm³/mol. The Morgan fingerprint density at radius 3 is 2.10 bits per heavy atom. The van der Waals surface area contributed by atoms with Gasteiger partial charge in [0.05, 0.1) is 0 Å². The van der Waals surface area contributed by atoms with Gasteiger partial charge in [0, 0.05) is 29.8 Å². The summed E-state index contributed by atoms with van der Waals surface area (Å²) >= 11 is 0. The molecule has 0 aliphatic carbocycles. The van der Waals surface area contributed by atoms with Crippen LogP contribution in [0.25, 0.3) is 11.1 Å². The highest BCUT2D eigenvalue weighted by Gasteiger charge is 2.15. The number of halogens is 4. The van der Waals surface area contributed by atoms with Gasteiger partial charge in [0.15, 0.2) is 11.6 Å². The Hall–Kier alpha value is -1.88. The highest BCUT2D eigenvalue weighted by atomic mass is 19.2. The zero-order chi connectivity index (χ0) is 15.6. The maximum atomic E-state index is 13.9. The molecule has 1 N–H and O–H groups in total. The monoisotopic (exact) mass is 297 g/mol. The summed E-state index contributed by atoms with van der Waals surface area (Å²) in [6.07, 6.45) is 0. The van der Waals surface area contributed by atoms with Gasteiger partial charge in [-0.05, 0) is 23.8 Å². The van der Waals surface area contributed by atoms with Crippen molar-refractivity contribution in [2.75, 3.05) is 0 Å². The molecule has 0 aromatic heterocycles. The smallest absolute Gasteiger partial charge is 0.161 e. The summed E-state index contributed by atoms with van der Waals surface area (Å²) in [6.45, 7) is 4.38. The summed E-state index contributed by atoms with van der Waals surface area (Å²) in [7, 11) is 0. The van der Waals surface area contributed by atoms with Crippen LogP contribution >= 0.6 is 0 Å². The van der Waals surface area contributed by atoms with Gasteiger partial charge in [-0.15, -0.1) is 0 Å². The zero-order valence-electron chi connectivity index (χ0n) is 11.7. The van der Waals surface area contributed by atoms with Crippen LogP contribution in [0.5, 0.6) is 0 Å². The Labute approximate surface area is 120 Å². The Balaban J connectivity index is 2.43. The number of hydrogen-bond donors (Lipinski definition) is 1. The van der Waals surface area contributed by atoms with Crippen molar-refractivity contribution < 1.29 is 17.6 Å². The van der Waals surface area contributed by atoms with Gasteiger partial charge in [-0.1, -0.05) is 19.9 Å². The second kappa shape index (κ2) is 6.26. The lowest BCUT2D eigenvalue weighted by molar-refractivity contribution is 0.495. The van der Waals surface area contributed by atoms with Crippen LogP contribution in [0.1, 0.15) is 19.4 Å². The second-order valence-corrected chi connectivity index (χ2v) is 5.10. The van der Waals surface area contributed by atoms with Gasteiger partial charge in [-0.2, -0.15) is 0 Å². The van der Waals surface area contributed by atoms with Gasteiger partial charge < -0.3 is 5.32 Å². The minimum Gasteiger partial charge on any atom is -0.310 e. The van der Waals surface area contributed by atoms with Crippen molar-refractivity contribution in [1.29, 1.82) is 0 Å².